The molecule has 0 radical (unpaired) electrons. The molecule has 0 unspecified atom stereocenters. The lowest BCUT2D eigenvalue weighted by molar-refractivity contribution is 0.600. The Labute approximate surface area is 94.6 Å². The number of aromatic nitrogens is 1. The minimum Gasteiger partial charge on any atom is -0.385 e. The molecule has 0 atom stereocenters. The first-order chi connectivity index (χ1) is 6.97. The number of rotatable bonds is 5. The maximum absolute atomic E-state index is 10.8. The number of hydrogen-bond donors (Lipinski definition) is 1. The van der Waals surface area contributed by atoms with Crippen molar-refractivity contribution in [2.24, 2.45) is 0 Å². The second kappa shape index (κ2) is 5.32. The average molecular weight is 249 g/mol. The number of halogens is 1. The third-order valence-electron chi connectivity index (χ3n) is 1.75. The van der Waals surface area contributed by atoms with Gasteiger partial charge in [-0.1, -0.05) is 11.6 Å². The van der Waals surface area contributed by atoms with Gasteiger partial charge >= 0.3 is 0 Å². The molecule has 0 amide bonds. The molecule has 1 aromatic heterocycles. The van der Waals surface area contributed by atoms with Gasteiger partial charge < -0.3 is 5.32 Å². The predicted octanol–water partition coefficient (Wildman–Crippen LogP) is 1.58. The molecule has 1 aromatic rings. The van der Waals surface area contributed by atoms with E-state index < -0.39 is 9.84 Å². The van der Waals surface area contributed by atoms with E-state index in [0.29, 0.717) is 18.1 Å². The molecule has 15 heavy (non-hydrogen) atoms. The molecule has 6 heteroatoms. The van der Waals surface area contributed by atoms with Crippen LogP contribution in [0.15, 0.2) is 18.3 Å². The van der Waals surface area contributed by atoms with E-state index in [9.17, 15) is 8.42 Å². The lowest BCUT2D eigenvalue weighted by Gasteiger charge is -2.05. The molecule has 0 spiro atoms. The minimum atomic E-state index is -2.87. The van der Waals surface area contributed by atoms with Gasteiger partial charge in [-0.15, -0.1) is 0 Å². The highest BCUT2D eigenvalue weighted by Crippen LogP contribution is 2.11. The summed E-state index contributed by atoms with van der Waals surface area (Å²) in [6, 6.07) is 3.48. The zero-order valence-corrected chi connectivity index (χ0v) is 9.98. The molecule has 1 rings (SSSR count). The normalized spacial score (nSPS) is 11.3. The van der Waals surface area contributed by atoms with Crippen molar-refractivity contribution in [3.8, 4) is 0 Å². The van der Waals surface area contributed by atoms with Crippen LogP contribution in [-0.2, 0) is 9.84 Å². The van der Waals surface area contributed by atoms with Crippen LogP contribution in [-0.4, -0.2) is 32.0 Å². The van der Waals surface area contributed by atoms with Gasteiger partial charge in [0.05, 0.1) is 5.75 Å². The van der Waals surface area contributed by atoms with E-state index in [1.54, 1.807) is 18.3 Å². The van der Waals surface area contributed by atoms with Gasteiger partial charge in [-0.25, -0.2) is 13.4 Å². The van der Waals surface area contributed by atoms with E-state index in [4.69, 9.17) is 11.6 Å². The topological polar surface area (TPSA) is 59.1 Å². The van der Waals surface area contributed by atoms with Crippen LogP contribution in [0.5, 0.6) is 0 Å². The molecule has 0 saturated carbocycles. The molecule has 0 aliphatic heterocycles. The Bertz CT molecular complexity index is 420. The van der Waals surface area contributed by atoms with Crippen LogP contribution in [0.25, 0.3) is 0 Å². The van der Waals surface area contributed by atoms with Gasteiger partial charge in [-0.2, -0.15) is 0 Å². The third kappa shape index (κ3) is 5.59. The Balaban J connectivity index is 2.32. The molecular weight excluding hydrogens is 236 g/mol. The van der Waals surface area contributed by atoms with Crippen LogP contribution in [0.2, 0.25) is 5.15 Å². The molecule has 0 saturated heterocycles. The Morgan fingerprint density at radius 1 is 1.53 bits per heavy atom. The summed E-state index contributed by atoms with van der Waals surface area (Å²) in [5, 5.41) is 3.49. The van der Waals surface area contributed by atoms with Crippen molar-refractivity contribution < 1.29 is 8.42 Å². The Kier molecular flexibility index (Phi) is 4.35. The summed E-state index contributed by atoms with van der Waals surface area (Å²) in [6.07, 6.45) is 3.41. The van der Waals surface area contributed by atoms with Crippen molar-refractivity contribution in [3.05, 3.63) is 23.5 Å². The van der Waals surface area contributed by atoms with Gasteiger partial charge in [0, 0.05) is 24.7 Å². The van der Waals surface area contributed by atoms with Crippen LogP contribution in [0.1, 0.15) is 6.42 Å². The largest absolute Gasteiger partial charge is 0.385 e. The van der Waals surface area contributed by atoms with Crippen molar-refractivity contribution in [1.29, 1.82) is 0 Å². The highest BCUT2D eigenvalue weighted by atomic mass is 35.5. The number of hydrogen-bond acceptors (Lipinski definition) is 4. The second-order valence-corrected chi connectivity index (χ2v) is 5.92. The Morgan fingerprint density at radius 2 is 2.27 bits per heavy atom. The molecule has 0 fully saturated rings. The fourth-order valence-electron chi connectivity index (χ4n) is 1.08. The fraction of sp³-hybridized carbons (Fsp3) is 0.444. The number of pyridine rings is 1. The van der Waals surface area contributed by atoms with E-state index in [-0.39, 0.29) is 5.75 Å². The molecule has 0 aliphatic rings. The molecular formula is C9H13ClN2O2S. The maximum Gasteiger partial charge on any atom is 0.147 e. The van der Waals surface area contributed by atoms with Gasteiger partial charge in [-0.3, -0.25) is 0 Å². The predicted molar refractivity (Wildman–Crippen MR) is 62.1 cm³/mol. The monoisotopic (exact) mass is 248 g/mol. The van der Waals surface area contributed by atoms with Gasteiger partial charge in [0.15, 0.2) is 0 Å². The Hall–Kier alpha value is -0.810. The molecule has 1 heterocycles. The van der Waals surface area contributed by atoms with Crippen LogP contribution in [0, 0.1) is 0 Å². The summed E-state index contributed by atoms with van der Waals surface area (Å²) >= 11 is 5.68. The standard InChI is InChI=1S/C9H13ClN2O2S/c1-15(13,14)6-2-4-11-8-3-5-12-9(10)7-8/h3,5,7H,2,4,6H2,1H3,(H,11,12). The fourth-order valence-corrected chi connectivity index (χ4v) is 1.92. The summed E-state index contributed by atoms with van der Waals surface area (Å²) in [5.74, 6) is 0.193. The number of nitrogens with zero attached hydrogens (tertiary/aromatic N) is 1. The van der Waals surface area contributed by atoms with E-state index in [1.165, 1.54) is 6.26 Å². The molecule has 4 nitrogen and oxygen atoms in total. The van der Waals surface area contributed by atoms with Crippen molar-refractivity contribution >= 4 is 27.1 Å². The number of sulfone groups is 1. The highest BCUT2D eigenvalue weighted by molar-refractivity contribution is 7.90. The summed E-state index contributed by atoms with van der Waals surface area (Å²) in [6.45, 7) is 0.605. The maximum atomic E-state index is 10.8. The Morgan fingerprint density at radius 3 is 2.87 bits per heavy atom. The van der Waals surface area contributed by atoms with Crippen LogP contribution in [0.3, 0.4) is 0 Å². The molecule has 84 valence electrons. The van der Waals surface area contributed by atoms with Crippen LogP contribution >= 0.6 is 11.6 Å². The molecule has 1 N–H and O–H groups in total. The number of anilines is 1. The van der Waals surface area contributed by atoms with Gasteiger partial charge in [0.2, 0.25) is 0 Å². The van der Waals surface area contributed by atoms with Crippen molar-refractivity contribution in [1.82, 2.24) is 4.98 Å². The highest BCUT2D eigenvalue weighted by Gasteiger charge is 2.01. The van der Waals surface area contributed by atoms with Crippen molar-refractivity contribution in [3.63, 3.8) is 0 Å². The van der Waals surface area contributed by atoms with Gasteiger partial charge in [-0.05, 0) is 18.6 Å². The first kappa shape index (κ1) is 12.3. The summed E-state index contributed by atoms with van der Waals surface area (Å²) in [5.41, 5.74) is 0.850. The van der Waals surface area contributed by atoms with Crippen molar-refractivity contribution in [2.45, 2.75) is 6.42 Å². The SMILES string of the molecule is CS(=O)(=O)CCCNc1ccnc(Cl)c1. The van der Waals surface area contributed by atoms with Crippen LogP contribution < -0.4 is 5.32 Å². The lowest BCUT2D eigenvalue weighted by Crippen LogP contribution is -2.09. The number of nitrogens with one attached hydrogen (secondary N) is 1. The van der Waals surface area contributed by atoms with E-state index in [2.05, 4.69) is 10.3 Å². The summed E-state index contributed by atoms with van der Waals surface area (Å²) in [7, 11) is -2.87. The van der Waals surface area contributed by atoms with E-state index in [0.717, 1.165) is 5.69 Å². The average Bonchev–Trinajstić information content (AvgIpc) is 2.11. The first-order valence-corrected chi connectivity index (χ1v) is 6.94. The lowest BCUT2D eigenvalue weighted by atomic mass is 10.4. The van der Waals surface area contributed by atoms with Crippen LogP contribution in [0.4, 0.5) is 5.69 Å². The smallest absolute Gasteiger partial charge is 0.147 e. The zero-order chi connectivity index (χ0) is 11.3. The zero-order valence-electron chi connectivity index (χ0n) is 8.40. The van der Waals surface area contributed by atoms with E-state index in [1.807, 2.05) is 0 Å². The molecule has 0 bridgehead atoms. The summed E-state index contributed by atoms with van der Waals surface area (Å²) < 4.78 is 21.7. The van der Waals surface area contributed by atoms with E-state index >= 15 is 0 Å². The molecule has 0 aromatic carbocycles. The minimum absolute atomic E-state index is 0.193. The quantitative estimate of drug-likeness (QED) is 0.635. The van der Waals surface area contributed by atoms with Gasteiger partial charge in [0.1, 0.15) is 15.0 Å². The summed E-state index contributed by atoms with van der Waals surface area (Å²) in [4.78, 5) is 3.84. The molecule has 0 aliphatic carbocycles. The third-order valence-corrected chi connectivity index (χ3v) is 2.98. The van der Waals surface area contributed by atoms with Gasteiger partial charge in [0.25, 0.3) is 0 Å². The van der Waals surface area contributed by atoms with Crippen molar-refractivity contribution in [2.75, 3.05) is 23.9 Å². The second-order valence-electron chi connectivity index (χ2n) is 3.28. The first-order valence-electron chi connectivity index (χ1n) is 4.50.